The Morgan fingerprint density at radius 1 is 1.15 bits per heavy atom. The Kier molecular flexibility index (Phi) is 6.89. The van der Waals surface area contributed by atoms with E-state index in [1.165, 1.54) is 23.3 Å². The van der Waals surface area contributed by atoms with Gasteiger partial charge in [-0.3, -0.25) is 0 Å². The van der Waals surface area contributed by atoms with E-state index in [9.17, 15) is 4.79 Å². The van der Waals surface area contributed by atoms with E-state index in [-0.39, 0.29) is 5.97 Å². The fourth-order valence-corrected chi connectivity index (χ4v) is 5.32. The fourth-order valence-electron chi connectivity index (χ4n) is 3.69. The minimum absolute atomic E-state index is 0.215. The molecule has 1 aromatic rings. The number of carbonyl (C=O) groups excluding carboxylic acids is 1. The zero-order valence-corrected chi connectivity index (χ0v) is 17.4. The number of likely N-dealkylation sites (N-methyl/N-ethyl adjacent to an activating group) is 1. The van der Waals surface area contributed by atoms with Crippen molar-refractivity contribution in [3.63, 3.8) is 0 Å². The number of ether oxygens (including phenoxy) is 1. The van der Waals surface area contributed by atoms with Crippen LogP contribution in [0.1, 0.15) is 53.9 Å². The predicted octanol–water partition coefficient (Wildman–Crippen LogP) is 3.53. The Labute approximate surface area is 165 Å². The van der Waals surface area contributed by atoms with Crippen molar-refractivity contribution in [2.24, 2.45) is 0 Å². The molecule has 5 nitrogen and oxygen atoms in total. The minimum atomic E-state index is -0.215. The van der Waals surface area contributed by atoms with E-state index >= 15 is 0 Å². The average molecular weight is 396 g/mol. The lowest BCUT2D eigenvalue weighted by Crippen LogP contribution is -2.49. The molecule has 0 radical (unpaired) electrons. The number of nitrogens with one attached hydrogen (secondary N) is 1. The van der Waals surface area contributed by atoms with Gasteiger partial charge in [0.2, 0.25) is 0 Å². The van der Waals surface area contributed by atoms with E-state index in [1.54, 1.807) is 11.3 Å². The summed E-state index contributed by atoms with van der Waals surface area (Å²) < 4.78 is 5.35. The first-order valence-corrected chi connectivity index (χ1v) is 11.0. The number of anilines is 1. The summed E-state index contributed by atoms with van der Waals surface area (Å²) in [7, 11) is 0. The van der Waals surface area contributed by atoms with Crippen LogP contribution < -0.4 is 5.32 Å². The maximum Gasteiger partial charge on any atom is 0.341 e. The maximum atomic E-state index is 12.6. The number of nitrogens with zero attached hydrogens (tertiary/aromatic N) is 2. The second-order valence-electron chi connectivity index (χ2n) is 6.84. The molecule has 26 heavy (non-hydrogen) atoms. The van der Waals surface area contributed by atoms with Gasteiger partial charge >= 0.3 is 5.97 Å². The first-order chi connectivity index (χ1) is 12.6. The van der Waals surface area contributed by atoms with E-state index in [0.717, 1.165) is 67.7 Å². The monoisotopic (exact) mass is 395 g/mol. The lowest BCUT2D eigenvalue weighted by atomic mass is 10.1. The quantitative estimate of drug-likeness (QED) is 0.478. The standard InChI is InChI=1S/C19H29N3O2S2/c1-3-21-10-12-22(13-11-21)19(25)20-17-16(18(23)24-4-2)14-8-6-5-7-9-15(14)26-17/h3-13H2,1-2H3,(H,20,25). The zero-order chi connectivity index (χ0) is 18.5. The third-order valence-corrected chi connectivity index (χ3v) is 6.80. The summed E-state index contributed by atoms with van der Waals surface area (Å²) >= 11 is 7.35. The summed E-state index contributed by atoms with van der Waals surface area (Å²) in [6, 6.07) is 0. The molecule has 2 heterocycles. The molecule has 0 aromatic carbocycles. The molecule has 1 N–H and O–H groups in total. The molecule has 0 amide bonds. The van der Waals surface area contributed by atoms with Gasteiger partial charge in [-0.2, -0.15) is 0 Å². The Bertz CT molecular complexity index is 651. The summed E-state index contributed by atoms with van der Waals surface area (Å²) in [5, 5.41) is 4.98. The van der Waals surface area contributed by atoms with Crippen LogP contribution in [0.25, 0.3) is 0 Å². The molecule has 1 saturated heterocycles. The molecule has 1 aliphatic heterocycles. The van der Waals surface area contributed by atoms with Crippen LogP contribution in [0.3, 0.4) is 0 Å². The third-order valence-electron chi connectivity index (χ3n) is 5.23. The highest BCUT2D eigenvalue weighted by Crippen LogP contribution is 2.38. The van der Waals surface area contributed by atoms with Crippen LogP contribution in [0.2, 0.25) is 0 Å². The number of hydrogen-bond acceptors (Lipinski definition) is 5. The van der Waals surface area contributed by atoms with Gasteiger partial charge in [-0.25, -0.2) is 4.79 Å². The van der Waals surface area contributed by atoms with Crippen LogP contribution in [0.15, 0.2) is 0 Å². The molecule has 2 aliphatic rings. The number of esters is 1. The summed E-state index contributed by atoms with van der Waals surface area (Å²) in [5.74, 6) is -0.215. The molecular formula is C19H29N3O2S2. The van der Waals surface area contributed by atoms with Gasteiger partial charge in [0.15, 0.2) is 5.11 Å². The molecule has 0 unspecified atom stereocenters. The van der Waals surface area contributed by atoms with Gasteiger partial charge in [-0.1, -0.05) is 13.3 Å². The SMILES string of the molecule is CCOC(=O)c1c(NC(=S)N2CCN(CC)CC2)sc2c1CCCCC2. The number of thiocarbonyl (C=S) groups is 1. The minimum Gasteiger partial charge on any atom is -0.462 e. The smallest absolute Gasteiger partial charge is 0.341 e. The highest BCUT2D eigenvalue weighted by molar-refractivity contribution is 7.80. The molecular weight excluding hydrogens is 366 g/mol. The van der Waals surface area contributed by atoms with Gasteiger partial charge in [0, 0.05) is 31.1 Å². The van der Waals surface area contributed by atoms with Crippen LogP contribution in [-0.2, 0) is 17.6 Å². The molecule has 0 atom stereocenters. The highest BCUT2D eigenvalue weighted by Gasteiger charge is 2.27. The number of thiophene rings is 1. The molecule has 0 saturated carbocycles. The van der Waals surface area contributed by atoms with Gasteiger partial charge in [0.25, 0.3) is 0 Å². The number of fused-ring (bicyclic) bond motifs is 1. The van der Waals surface area contributed by atoms with Crippen molar-refractivity contribution in [1.29, 1.82) is 0 Å². The van der Waals surface area contributed by atoms with Crippen LogP contribution in [0.5, 0.6) is 0 Å². The molecule has 1 aliphatic carbocycles. The molecule has 0 bridgehead atoms. The van der Waals surface area contributed by atoms with Crippen LogP contribution >= 0.6 is 23.6 Å². The summed E-state index contributed by atoms with van der Waals surface area (Å²) in [5.41, 5.74) is 1.91. The maximum absolute atomic E-state index is 12.6. The van der Waals surface area contributed by atoms with Crippen molar-refractivity contribution in [3.05, 3.63) is 16.0 Å². The van der Waals surface area contributed by atoms with E-state index in [4.69, 9.17) is 17.0 Å². The first kappa shape index (κ1) is 19.6. The highest BCUT2D eigenvalue weighted by atomic mass is 32.1. The lowest BCUT2D eigenvalue weighted by Gasteiger charge is -2.35. The number of hydrogen-bond donors (Lipinski definition) is 1. The Morgan fingerprint density at radius 2 is 1.88 bits per heavy atom. The van der Waals surface area contributed by atoms with Crippen molar-refractivity contribution in [2.75, 3.05) is 44.6 Å². The largest absolute Gasteiger partial charge is 0.462 e. The molecule has 3 rings (SSSR count). The first-order valence-electron chi connectivity index (χ1n) is 9.74. The van der Waals surface area contributed by atoms with E-state index in [1.807, 2.05) is 6.92 Å². The van der Waals surface area contributed by atoms with Crippen LogP contribution in [0, 0.1) is 0 Å². The summed E-state index contributed by atoms with van der Waals surface area (Å²) in [6.45, 7) is 9.45. The van der Waals surface area contributed by atoms with Gasteiger partial charge in [-0.05, 0) is 56.9 Å². The molecule has 0 spiro atoms. The predicted molar refractivity (Wildman–Crippen MR) is 111 cm³/mol. The van der Waals surface area contributed by atoms with Crippen molar-refractivity contribution < 1.29 is 9.53 Å². The Morgan fingerprint density at radius 3 is 2.58 bits per heavy atom. The van der Waals surface area contributed by atoms with E-state index in [2.05, 4.69) is 22.0 Å². The topological polar surface area (TPSA) is 44.8 Å². The average Bonchev–Trinajstić information content (AvgIpc) is 2.82. The lowest BCUT2D eigenvalue weighted by molar-refractivity contribution is 0.0527. The summed E-state index contributed by atoms with van der Waals surface area (Å²) in [6.07, 6.45) is 5.57. The van der Waals surface area contributed by atoms with E-state index in [0.29, 0.717) is 6.61 Å². The normalized spacial score (nSPS) is 18.2. The van der Waals surface area contributed by atoms with E-state index < -0.39 is 0 Å². The Balaban J connectivity index is 1.78. The fraction of sp³-hybridized carbons (Fsp3) is 0.684. The number of aryl methyl sites for hydroxylation is 1. The van der Waals surface area contributed by atoms with Gasteiger partial charge in [-0.15, -0.1) is 11.3 Å². The molecule has 7 heteroatoms. The number of rotatable bonds is 4. The van der Waals surface area contributed by atoms with Crippen molar-refractivity contribution >= 4 is 39.6 Å². The van der Waals surface area contributed by atoms with Gasteiger partial charge < -0.3 is 19.9 Å². The second-order valence-corrected chi connectivity index (χ2v) is 8.33. The third kappa shape index (κ3) is 4.38. The van der Waals surface area contributed by atoms with Crippen molar-refractivity contribution in [3.8, 4) is 0 Å². The van der Waals surface area contributed by atoms with Crippen LogP contribution in [0.4, 0.5) is 5.00 Å². The molecule has 1 fully saturated rings. The van der Waals surface area contributed by atoms with Crippen molar-refractivity contribution in [1.82, 2.24) is 9.80 Å². The molecule has 144 valence electrons. The number of carbonyl (C=O) groups is 1. The zero-order valence-electron chi connectivity index (χ0n) is 15.8. The Hall–Kier alpha value is -1.18. The number of piperazine rings is 1. The van der Waals surface area contributed by atoms with Gasteiger partial charge in [0.05, 0.1) is 12.2 Å². The van der Waals surface area contributed by atoms with Crippen LogP contribution in [-0.4, -0.2) is 60.2 Å². The van der Waals surface area contributed by atoms with Crippen molar-refractivity contribution in [2.45, 2.75) is 46.0 Å². The van der Waals surface area contributed by atoms with Gasteiger partial charge in [0.1, 0.15) is 5.00 Å². The summed E-state index contributed by atoms with van der Waals surface area (Å²) in [4.78, 5) is 18.6. The second kappa shape index (κ2) is 9.15. The molecule has 1 aromatic heterocycles.